The van der Waals surface area contributed by atoms with Crippen LogP contribution in [0, 0.1) is 6.92 Å². The number of hydrogen-bond donors (Lipinski definition) is 0. The maximum atomic E-state index is 12.9. The van der Waals surface area contributed by atoms with Crippen LogP contribution in [-0.4, -0.2) is 12.9 Å². The third-order valence-electron chi connectivity index (χ3n) is 9.07. The Morgan fingerprint density at radius 3 is 1.27 bits per heavy atom. The van der Waals surface area contributed by atoms with E-state index in [-0.39, 0.29) is 5.78 Å². The lowest BCUT2D eigenvalue weighted by Gasteiger charge is -2.28. The van der Waals surface area contributed by atoms with E-state index < -0.39 is 0 Å². The topological polar surface area (TPSA) is 42.0 Å². The third kappa shape index (κ3) is 7.59. The zero-order valence-electron chi connectivity index (χ0n) is 29.6. The number of benzene rings is 7. The highest BCUT2D eigenvalue weighted by Crippen LogP contribution is 2.40. The molecule has 5 nitrogen and oxygen atoms in total. The number of ether oxygens (including phenoxy) is 2. The normalized spacial score (nSPS) is 10.8. The molecule has 0 bridgehead atoms. The van der Waals surface area contributed by atoms with E-state index in [9.17, 15) is 4.79 Å². The molecular weight excluding hydrogens is 641 g/mol. The Bertz CT molecular complexity index is 2210. The predicted octanol–water partition coefficient (Wildman–Crippen LogP) is 12.5. The second-order valence-electron chi connectivity index (χ2n) is 12.6. The zero-order valence-corrected chi connectivity index (χ0v) is 29.6. The van der Waals surface area contributed by atoms with E-state index in [4.69, 9.17) is 9.47 Å². The first-order chi connectivity index (χ1) is 25.5. The summed E-state index contributed by atoms with van der Waals surface area (Å²) in [4.78, 5) is 17.4. The van der Waals surface area contributed by atoms with Crippen LogP contribution >= 0.6 is 0 Å². The van der Waals surface area contributed by atoms with Crippen molar-refractivity contribution in [1.29, 1.82) is 0 Å². The van der Waals surface area contributed by atoms with Crippen molar-refractivity contribution in [2.45, 2.75) is 20.3 Å². The van der Waals surface area contributed by atoms with Crippen LogP contribution in [0.25, 0.3) is 0 Å². The van der Waals surface area contributed by atoms with Gasteiger partial charge in [-0.05, 0) is 140 Å². The Kier molecular flexibility index (Phi) is 10.1. The van der Waals surface area contributed by atoms with Crippen LogP contribution in [0.1, 0.15) is 34.0 Å². The van der Waals surface area contributed by atoms with Crippen molar-refractivity contribution >= 4 is 39.9 Å². The summed E-state index contributed by atoms with van der Waals surface area (Å²) in [5.74, 6) is 2.17. The van der Waals surface area contributed by atoms with Gasteiger partial charge in [0.05, 0.1) is 7.11 Å². The van der Waals surface area contributed by atoms with Gasteiger partial charge in [-0.15, -0.1) is 0 Å². The van der Waals surface area contributed by atoms with Gasteiger partial charge in [-0.2, -0.15) is 0 Å². The molecule has 7 aromatic rings. The fourth-order valence-electron chi connectivity index (χ4n) is 6.18. The molecular formula is C47H40N2O3. The van der Waals surface area contributed by atoms with Gasteiger partial charge in [0.15, 0.2) is 5.78 Å². The minimum absolute atomic E-state index is 0.00972. The maximum absolute atomic E-state index is 12.9. The number of carbonyl (C=O) groups excluding carboxylic acids is 1. The Balaban J connectivity index is 1.15. The monoisotopic (exact) mass is 680 g/mol. The standard InChI is InChI=1S/C47H40N2O3/c1-4-35-12-18-39(19-13-35)49(41-22-20-40(21-23-41)48(38-8-6-5-7-9-38)42-24-30-44(51-3)31-25-42)43-26-32-46(33-27-43)52-45-28-16-37(17-29-45)47(50)36-14-10-34(2)11-15-36/h5-33H,4H2,1-3H3. The van der Waals surface area contributed by atoms with Gasteiger partial charge in [-0.1, -0.05) is 67.1 Å². The Morgan fingerprint density at radius 2 is 0.827 bits per heavy atom. The quantitative estimate of drug-likeness (QED) is 0.120. The van der Waals surface area contributed by atoms with Crippen LogP contribution < -0.4 is 19.3 Å². The van der Waals surface area contributed by atoms with Gasteiger partial charge in [0.1, 0.15) is 17.2 Å². The summed E-state index contributed by atoms with van der Waals surface area (Å²) in [7, 11) is 1.68. The molecule has 5 heteroatoms. The second-order valence-corrected chi connectivity index (χ2v) is 12.6. The van der Waals surface area contributed by atoms with Gasteiger partial charge in [-0.3, -0.25) is 4.79 Å². The van der Waals surface area contributed by atoms with E-state index in [0.29, 0.717) is 22.6 Å². The third-order valence-corrected chi connectivity index (χ3v) is 9.07. The number of hydrogen-bond acceptors (Lipinski definition) is 5. The lowest BCUT2D eigenvalue weighted by atomic mass is 10.0. The molecule has 0 spiro atoms. The van der Waals surface area contributed by atoms with Crippen molar-refractivity contribution in [3.05, 3.63) is 198 Å². The molecule has 0 radical (unpaired) electrons. The average Bonchev–Trinajstić information content (AvgIpc) is 3.20. The van der Waals surface area contributed by atoms with Crippen molar-refractivity contribution < 1.29 is 14.3 Å². The highest BCUT2D eigenvalue weighted by molar-refractivity contribution is 6.09. The molecule has 7 aromatic carbocycles. The summed E-state index contributed by atoms with van der Waals surface area (Å²) in [6.45, 7) is 4.18. The minimum Gasteiger partial charge on any atom is -0.497 e. The summed E-state index contributed by atoms with van der Waals surface area (Å²) < 4.78 is 11.6. The van der Waals surface area contributed by atoms with E-state index >= 15 is 0 Å². The fraction of sp³-hybridized carbons (Fsp3) is 0.0851. The second kappa shape index (κ2) is 15.5. The first kappa shape index (κ1) is 33.9. The van der Waals surface area contributed by atoms with Crippen LogP contribution in [0.5, 0.6) is 17.2 Å². The Morgan fingerprint density at radius 1 is 0.462 bits per heavy atom. The van der Waals surface area contributed by atoms with Crippen molar-refractivity contribution in [1.82, 2.24) is 0 Å². The molecule has 256 valence electrons. The van der Waals surface area contributed by atoms with Gasteiger partial charge in [0.2, 0.25) is 0 Å². The van der Waals surface area contributed by atoms with E-state index in [1.807, 2.05) is 85.8 Å². The molecule has 0 amide bonds. The lowest BCUT2D eigenvalue weighted by Crippen LogP contribution is -2.12. The number of anilines is 6. The first-order valence-electron chi connectivity index (χ1n) is 17.5. The summed E-state index contributed by atoms with van der Waals surface area (Å²) in [5, 5.41) is 0. The van der Waals surface area contributed by atoms with Gasteiger partial charge in [0, 0.05) is 45.3 Å². The molecule has 52 heavy (non-hydrogen) atoms. The van der Waals surface area contributed by atoms with Crippen molar-refractivity contribution in [3.8, 4) is 17.2 Å². The van der Waals surface area contributed by atoms with Crippen LogP contribution in [0.4, 0.5) is 34.1 Å². The van der Waals surface area contributed by atoms with Gasteiger partial charge < -0.3 is 19.3 Å². The summed E-state index contributed by atoms with van der Waals surface area (Å²) in [6.07, 6.45) is 0.975. The highest BCUT2D eigenvalue weighted by Gasteiger charge is 2.17. The molecule has 0 aliphatic rings. The van der Waals surface area contributed by atoms with E-state index in [2.05, 4.69) is 114 Å². The molecule has 0 aliphatic carbocycles. The number of ketones is 1. The van der Waals surface area contributed by atoms with Gasteiger partial charge >= 0.3 is 0 Å². The van der Waals surface area contributed by atoms with Crippen LogP contribution in [0.2, 0.25) is 0 Å². The SMILES string of the molecule is CCc1ccc(N(c2ccc(Oc3ccc(C(=O)c4ccc(C)cc4)cc3)cc2)c2ccc(N(c3ccccc3)c3ccc(OC)cc3)cc2)cc1. The summed E-state index contributed by atoms with van der Waals surface area (Å²) >= 11 is 0. The Hall–Kier alpha value is -6.59. The molecule has 0 N–H and O–H groups in total. The minimum atomic E-state index is -0.00972. The van der Waals surface area contributed by atoms with Crippen molar-refractivity contribution in [2.75, 3.05) is 16.9 Å². The first-order valence-corrected chi connectivity index (χ1v) is 17.5. The number of rotatable bonds is 12. The smallest absolute Gasteiger partial charge is 0.193 e. The predicted molar refractivity (Wildman–Crippen MR) is 213 cm³/mol. The summed E-state index contributed by atoms with van der Waals surface area (Å²) in [5.41, 5.74) is 9.92. The highest BCUT2D eigenvalue weighted by atomic mass is 16.5. The van der Waals surface area contributed by atoms with Gasteiger partial charge in [0.25, 0.3) is 0 Å². The molecule has 0 unspecified atom stereocenters. The van der Waals surface area contributed by atoms with Crippen LogP contribution in [-0.2, 0) is 6.42 Å². The van der Waals surface area contributed by atoms with E-state index in [1.54, 1.807) is 7.11 Å². The number of carbonyl (C=O) groups is 1. The van der Waals surface area contributed by atoms with Crippen molar-refractivity contribution in [2.24, 2.45) is 0 Å². The van der Waals surface area contributed by atoms with E-state index in [1.165, 1.54) is 5.56 Å². The Labute approximate surface area is 306 Å². The largest absolute Gasteiger partial charge is 0.497 e. The molecule has 0 aromatic heterocycles. The zero-order chi connectivity index (χ0) is 35.9. The molecule has 7 rings (SSSR count). The number of para-hydroxylation sites is 1. The molecule has 0 fully saturated rings. The molecule has 0 saturated carbocycles. The molecule has 0 atom stereocenters. The van der Waals surface area contributed by atoms with Crippen LogP contribution in [0.15, 0.2) is 176 Å². The maximum Gasteiger partial charge on any atom is 0.193 e. The number of nitrogens with zero attached hydrogens (tertiary/aromatic N) is 2. The molecule has 0 heterocycles. The number of methoxy groups -OCH3 is 1. The average molecular weight is 681 g/mol. The lowest BCUT2D eigenvalue weighted by molar-refractivity contribution is 0.103. The summed E-state index contributed by atoms with van der Waals surface area (Å²) in [6, 6.07) is 58.8. The van der Waals surface area contributed by atoms with Crippen molar-refractivity contribution in [3.63, 3.8) is 0 Å². The van der Waals surface area contributed by atoms with Crippen LogP contribution in [0.3, 0.4) is 0 Å². The number of aryl methyl sites for hydroxylation is 2. The van der Waals surface area contributed by atoms with Gasteiger partial charge in [-0.25, -0.2) is 0 Å². The van der Waals surface area contributed by atoms with E-state index in [0.717, 1.165) is 51.9 Å². The fourth-order valence-corrected chi connectivity index (χ4v) is 6.18. The molecule has 0 aliphatic heterocycles. The molecule has 0 saturated heterocycles.